The molecule has 0 radical (unpaired) electrons. The van der Waals surface area contributed by atoms with Crippen molar-refractivity contribution >= 4 is 11.7 Å². The molecule has 1 aliphatic heterocycles. The number of likely N-dealkylation sites (tertiary alicyclic amines) is 1. The molecule has 0 aliphatic carbocycles. The van der Waals surface area contributed by atoms with Crippen molar-refractivity contribution in [2.24, 2.45) is 5.92 Å². The third-order valence-corrected chi connectivity index (χ3v) is 4.07. The minimum atomic E-state index is -0.881. The van der Waals surface area contributed by atoms with E-state index in [-0.39, 0.29) is 18.0 Å². The minimum absolute atomic E-state index is 0.0678. The Kier molecular flexibility index (Phi) is 5.04. The summed E-state index contributed by atoms with van der Waals surface area (Å²) in [5.74, 6) is -1.66. The van der Waals surface area contributed by atoms with Gasteiger partial charge in [-0.25, -0.2) is 8.78 Å². The van der Waals surface area contributed by atoms with E-state index < -0.39 is 17.4 Å². The Morgan fingerprint density at radius 3 is 2.76 bits per heavy atom. The van der Waals surface area contributed by atoms with Crippen LogP contribution in [0.5, 0.6) is 0 Å². The zero-order chi connectivity index (χ0) is 15.4. The fourth-order valence-corrected chi connectivity index (χ4v) is 2.64. The average molecular weight is 295 g/mol. The largest absolute Gasteiger partial charge is 0.335 e. The molecule has 0 N–H and O–H groups in total. The molecule has 114 valence electrons. The first kappa shape index (κ1) is 15.6. The summed E-state index contributed by atoms with van der Waals surface area (Å²) < 4.78 is 26.4. The molecule has 1 aromatic carbocycles. The first-order valence-electron chi connectivity index (χ1n) is 7.27. The van der Waals surface area contributed by atoms with Gasteiger partial charge in [-0.3, -0.25) is 9.59 Å². The zero-order valence-corrected chi connectivity index (χ0v) is 12.1. The van der Waals surface area contributed by atoms with Crippen LogP contribution in [-0.4, -0.2) is 29.7 Å². The van der Waals surface area contributed by atoms with E-state index >= 15 is 0 Å². The first-order chi connectivity index (χ1) is 10.0. The lowest BCUT2D eigenvalue weighted by atomic mass is 9.98. The molecular formula is C16H19F2NO2. The van der Waals surface area contributed by atoms with Gasteiger partial charge in [0.1, 0.15) is 11.6 Å². The Bertz CT molecular complexity index is 545. The highest BCUT2D eigenvalue weighted by atomic mass is 19.1. The predicted molar refractivity (Wildman–Crippen MR) is 74.9 cm³/mol. The molecule has 21 heavy (non-hydrogen) atoms. The van der Waals surface area contributed by atoms with E-state index in [2.05, 4.69) is 6.92 Å². The molecule has 1 unspecified atom stereocenters. The Morgan fingerprint density at radius 1 is 1.33 bits per heavy atom. The summed E-state index contributed by atoms with van der Waals surface area (Å²) in [4.78, 5) is 25.6. The Morgan fingerprint density at radius 2 is 2.10 bits per heavy atom. The monoisotopic (exact) mass is 295 g/mol. The molecule has 1 atom stereocenters. The van der Waals surface area contributed by atoms with E-state index in [1.54, 1.807) is 0 Å². The lowest BCUT2D eigenvalue weighted by molar-refractivity contribution is -0.130. The van der Waals surface area contributed by atoms with Crippen molar-refractivity contribution in [3.05, 3.63) is 35.4 Å². The van der Waals surface area contributed by atoms with Crippen LogP contribution in [0.1, 0.15) is 43.0 Å². The lowest BCUT2D eigenvalue weighted by Gasteiger charge is -2.20. The highest BCUT2D eigenvalue weighted by molar-refractivity contribution is 5.99. The number of hydrogen-bond acceptors (Lipinski definition) is 2. The highest BCUT2D eigenvalue weighted by Gasteiger charge is 2.24. The van der Waals surface area contributed by atoms with Crippen molar-refractivity contribution < 1.29 is 18.4 Å². The molecule has 1 heterocycles. The van der Waals surface area contributed by atoms with Gasteiger partial charge >= 0.3 is 0 Å². The molecule has 5 heteroatoms. The van der Waals surface area contributed by atoms with Gasteiger partial charge in [-0.05, 0) is 30.9 Å². The van der Waals surface area contributed by atoms with Crippen LogP contribution in [0.15, 0.2) is 18.2 Å². The van der Waals surface area contributed by atoms with E-state index in [9.17, 15) is 18.4 Å². The van der Waals surface area contributed by atoms with Crippen molar-refractivity contribution in [3.63, 3.8) is 0 Å². The van der Waals surface area contributed by atoms with Crippen LogP contribution in [0.2, 0.25) is 0 Å². The van der Waals surface area contributed by atoms with Gasteiger partial charge < -0.3 is 4.90 Å². The molecule has 1 aliphatic rings. The van der Waals surface area contributed by atoms with Gasteiger partial charge in [-0.15, -0.1) is 0 Å². The van der Waals surface area contributed by atoms with Crippen LogP contribution in [-0.2, 0) is 4.79 Å². The fourth-order valence-electron chi connectivity index (χ4n) is 2.64. The molecule has 0 bridgehead atoms. The second-order valence-corrected chi connectivity index (χ2v) is 5.46. The number of nitrogens with zero attached hydrogens (tertiary/aromatic N) is 1. The van der Waals surface area contributed by atoms with E-state index in [1.807, 2.05) is 0 Å². The predicted octanol–water partition coefficient (Wildman–Crippen LogP) is 3.19. The third-order valence-electron chi connectivity index (χ3n) is 4.07. The third kappa shape index (κ3) is 3.86. The van der Waals surface area contributed by atoms with Crippen molar-refractivity contribution in [1.82, 2.24) is 4.90 Å². The highest BCUT2D eigenvalue weighted by Crippen LogP contribution is 2.21. The molecule has 1 aromatic rings. The first-order valence-corrected chi connectivity index (χ1v) is 7.27. The van der Waals surface area contributed by atoms with Crippen molar-refractivity contribution in [1.29, 1.82) is 0 Å². The summed E-state index contributed by atoms with van der Waals surface area (Å²) in [6.45, 7) is 2.47. The molecule has 1 saturated heterocycles. The van der Waals surface area contributed by atoms with Gasteiger partial charge in [0, 0.05) is 19.0 Å². The second kappa shape index (κ2) is 6.78. The number of carbonyl (C=O) groups excluding carboxylic acids is 2. The molecule has 1 fully saturated rings. The Labute approximate surface area is 122 Å². The molecule has 0 aromatic heterocycles. The van der Waals surface area contributed by atoms with Crippen LogP contribution in [0.3, 0.4) is 0 Å². The van der Waals surface area contributed by atoms with Crippen LogP contribution in [0.4, 0.5) is 8.78 Å². The maximum absolute atomic E-state index is 13.6. The van der Waals surface area contributed by atoms with E-state index in [0.29, 0.717) is 24.9 Å². The van der Waals surface area contributed by atoms with Gasteiger partial charge in [0.2, 0.25) is 5.91 Å². The Balaban J connectivity index is 2.06. The van der Waals surface area contributed by atoms with E-state index in [0.717, 1.165) is 31.4 Å². The number of benzene rings is 1. The van der Waals surface area contributed by atoms with E-state index in [4.69, 9.17) is 0 Å². The number of Topliss-reactive ketones (excluding diaryl/α,β-unsaturated/α-hetero) is 1. The number of halogens is 2. The Hall–Kier alpha value is -1.78. The standard InChI is InChI=1S/C16H19F2NO2/c1-2-11-3-6-16(21)19(8-7-11)10-15(20)13-5-4-12(17)9-14(13)18/h4-5,9,11H,2-3,6-8,10H2,1H3. The summed E-state index contributed by atoms with van der Waals surface area (Å²) in [7, 11) is 0. The second-order valence-electron chi connectivity index (χ2n) is 5.46. The molecule has 0 saturated carbocycles. The molecule has 0 spiro atoms. The maximum atomic E-state index is 13.6. The summed E-state index contributed by atoms with van der Waals surface area (Å²) in [6.07, 6.45) is 3.14. The summed E-state index contributed by atoms with van der Waals surface area (Å²) >= 11 is 0. The van der Waals surface area contributed by atoms with Gasteiger partial charge in [0.15, 0.2) is 5.78 Å². The molecule has 2 rings (SSSR count). The smallest absolute Gasteiger partial charge is 0.222 e. The van der Waals surface area contributed by atoms with Crippen molar-refractivity contribution in [3.8, 4) is 0 Å². The van der Waals surface area contributed by atoms with Gasteiger partial charge in [0.05, 0.1) is 12.1 Å². The molecule has 1 amide bonds. The normalized spacial score (nSPS) is 19.5. The van der Waals surface area contributed by atoms with Gasteiger partial charge in [-0.2, -0.15) is 0 Å². The number of carbonyl (C=O) groups is 2. The lowest BCUT2D eigenvalue weighted by Crippen LogP contribution is -2.35. The molecular weight excluding hydrogens is 276 g/mol. The number of ketones is 1. The quantitative estimate of drug-likeness (QED) is 0.800. The summed E-state index contributed by atoms with van der Waals surface area (Å²) in [5, 5.41) is 0. The van der Waals surface area contributed by atoms with Crippen molar-refractivity contribution in [2.45, 2.75) is 32.6 Å². The number of amides is 1. The van der Waals surface area contributed by atoms with Gasteiger partial charge in [0.25, 0.3) is 0 Å². The van der Waals surface area contributed by atoms with Gasteiger partial charge in [-0.1, -0.05) is 13.3 Å². The number of hydrogen-bond donors (Lipinski definition) is 0. The number of rotatable bonds is 4. The maximum Gasteiger partial charge on any atom is 0.222 e. The van der Waals surface area contributed by atoms with Crippen molar-refractivity contribution in [2.75, 3.05) is 13.1 Å². The van der Waals surface area contributed by atoms with Crippen LogP contribution in [0, 0.1) is 17.6 Å². The SMILES string of the molecule is CCC1CCC(=O)N(CC(=O)c2ccc(F)cc2F)CC1. The fraction of sp³-hybridized carbons (Fsp3) is 0.500. The molecule has 3 nitrogen and oxygen atoms in total. The van der Waals surface area contributed by atoms with Crippen LogP contribution in [0.25, 0.3) is 0 Å². The average Bonchev–Trinajstić information content (AvgIpc) is 2.61. The summed E-state index contributed by atoms with van der Waals surface area (Å²) in [5.41, 5.74) is -0.166. The van der Waals surface area contributed by atoms with Crippen LogP contribution >= 0.6 is 0 Å². The topological polar surface area (TPSA) is 37.4 Å². The zero-order valence-electron chi connectivity index (χ0n) is 12.1. The van der Waals surface area contributed by atoms with E-state index in [1.165, 1.54) is 4.90 Å². The summed E-state index contributed by atoms with van der Waals surface area (Å²) in [6, 6.07) is 2.86. The van der Waals surface area contributed by atoms with Crippen LogP contribution < -0.4 is 0 Å². The minimum Gasteiger partial charge on any atom is -0.335 e.